The van der Waals surface area contributed by atoms with Crippen LogP contribution in [0.25, 0.3) is 10.8 Å². The zero-order valence-corrected chi connectivity index (χ0v) is 18.8. The van der Waals surface area contributed by atoms with Crippen LogP contribution < -0.4 is 10.9 Å². The molecule has 0 saturated heterocycles. The predicted molar refractivity (Wildman–Crippen MR) is 128 cm³/mol. The van der Waals surface area contributed by atoms with Crippen LogP contribution in [0.15, 0.2) is 81.3 Å². The number of fused-ring (bicyclic) bond motifs is 1. The molecule has 0 spiro atoms. The number of hydrogen-bond donors (Lipinski definition) is 2. The smallest absolute Gasteiger partial charge is 0.357 e. The quantitative estimate of drug-likeness (QED) is 0.440. The van der Waals surface area contributed by atoms with Crippen molar-refractivity contribution in [1.82, 2.24) is 9.78 Å². The number of rotatable bonds is 6. The summed E-state index contributed by atoms with van der Waals surface area (Å²) in [4.78, 5) is 39.0. The van der Waals surface area contributed by atoms with Gasteiger partial charge in [0.25, 0.3) is 5.56 Å². The fraction of sp³-hybridized carbons (Fsp3) is 0.120. The zero-order chi connectivity index (χ0) is 23.5. The number of carbonyl (C=O) groups is 2. The molecule has 3 aromatic carbocycles. The zero-order valence-electron chi connectivity index (χ0n) is 18.0. The number of aryl methyl sites for hydroxylation is 2. The van der Waals surface area contributed by atoms with Crippen LogP contribution in [0.2, 0.25) is 0 Å². The predicted octanol–water partition coefficient (Wildman–Crippen LogP) is 4.50. The molecule has 166 valence electrons. The van der Waals surface area contributed by atoms with Crippen molar-refractivity contribution in [2.75, 3.05) is 5.32 Å². The number of nitrogens with one attached hydrogen (secondary N) is 1. The summed E-state index contributed by atoms with van der Waals surface area (Å²) in [5.41, 5.74) is 2.15. The highest BCUT2D eigenvalue weighted by Crippen LogP contribution is 2.31. The first-order valence-electron chi connectivity index (χ1n) is 10.2. The second kappa shape index (κ2) is 9.30. The van der Waals surface area contributed by atoms with Crippen LogP contribution in [0.1, 0.15) is 21.6 Å². The van der Waals surface area contributed by atoms with E-state index in [1.807, 2.05) is 12.1 Å². The molecular formula is C25H21N3O4S. The van der Waals surface area contributed by atoms with Crippen LogP contribution >= 0.6 is 11.8 Å². The number of nitrogens with zero attached hydrogens (tertiary/aromatic N) is 2. The van der Waals surface area contributed by atoms with Crippen molar-refractivity contribution in [3.63, 3.8) is 0 Å². The molecule has 1 heterocycles. The summed E-state index contributed by atoms with van der Waals surface area (Å²) < 4.78 is 0.881. The Morgan fingerprint density at radius 2 is 1.70 bits per heavy atom. The fourth-order valence-electron chi connectivity index (χ4n) is 3.39. The molecule has 4 aromatic rings. The summed E-state index contributed by atoms with van der Waals surface area (Å²) >= 11 is 1.64. The molecular weight excluding hydrogens is 438 g/mol. The Bertz CT molecular complexity index is 1430. The molecule has 0 aliphatic rings. The lowest BCUT2D eigenvalue weighted by Crippen LogP contribution is -2.31. The molecule has 1 amide bonds. The van der Waals surface area contributed by atoms with Gasteiger partial charge in [-0.25, -0.2) is 9.48 Å². The highest BCUT2D eigenvalue weighted by Gasteiger charge is 2.17. The van der Waals surface area contributed by atoms with Gasteiger partial charge in [0.2, 0.25) is 5.91 Å². The van der Waals surface area contributed by atoms with Gasteiger partial charge in [0.1, 0.15) is 6.54 Å². The lowest BCUT2D eigenvalue weighted by atomic mass is 10.1. The molecule has 0 atom stereocenters. The minimum Gasteiger partial charge on any atom is -0.476 e. The number of carboxylic acid groups (broad SMARTS) is 1. The molecule has 0 aliphatic heterocycles. The van der Waals surface area contributed by atoms with E-state index >= 15 is 0 Å². The Labute approximate surface area is 194 Å². The van der Waals surface area contributed by atoms with Crippen molar-refractivity contribution in [3.05, 3.63) is 93.9 Å². The third kappa shape index (κ3) is 4.96. The van der Waals surface area contributed by atoms with E-state index in [0.717, 1.165) is 9.58 Å². The van der Waals surface area contributed by atoms with Crippen LogP contribution in [-0.4, -0.2) is 26.8 Å². The standard InChI is InChI=1S/C25H21N3O4S/c1-15-7-8-16(2)21(13-15)33-18-11-9-17(10-12-18)26-22(29)14-28-24(30)20-6-4-3-5-19(20)23(27-28)25(31)32/h3-13H,14H2,1-2H3,(H,26,29)(H,31,32). The summed E-state index contributed by atoms with van der Waals surface area (Å²) in [5.74, 6) is -1.75. The van der Waals surface area contributed by atoms with Crippen molar-refractivity contribution in [3.8, 4) is 0 Å². The topological polar surface area (TPSA) is 101 Å². The van der Waals surface area contributed by atoms with E-state index < -0.39 is 24.0 Å². The minimum absolute atomic E-state index is 0.200. The van der Waals surface area contributed by atoms with Crippen molar-refractivity contribution >= 4 is 40.1 Å². The Morgan fingerprint density at radius 3 is 2.39 bits per heavy atom. The third-order valence-corrected chi connectivity index (χ3v) is 6.24. The molecule has 1 aromatic heterocycles. The van der Waals surface area contributed by atoms with Crippen LogP contribution in [-0.2, 0) is 11.3 Å². The van der Waals surface area contributed by atoms with E-state index in [1.54, 1.807) is 36.0 Å². The van der Waals surface area contributed by atoms with Gasteiger partial charge in [-0.15, -0.1) is 0 Å². The Hall–Kier alpha value is -3.91. The second-order valence-electron chi connectivity index (χ2n) is 7.61. The van der Waals surface area contributed by atoms with E-state index in [1.165, 1.54) is 28.2 Å². The van der Waals surface area contributed by atoms with Crippen LogP contribution in [0, 0.1) is 13.8 Å². The monoisotopic (exact) mass is 459 g/mol. The molecule has 0 unspecified atom stereocenters. The van der Waals surface area contributed by atoms with E-state index in [2.05, 4.69) is 42.5 Å². The number of aromatic carboxylic acids is 1. The lowest BCUT2D eigenvalue weighted by Gasteiger charge is -2.10. The number of benzene rings is 3. The maximum Gasteiger partial charge on any atom is 0.357 e. The van der Waals surface area contributed by atoms with Gasteiger partial charge in [-0.1, -0.05) is 42.1 Å². The lowest BCUT2D eigenvalue weighted by molar-refractivity contribution is -0.117. The number of anilines is 1. The van der Waals surface area contributed by atoms with Gasteiger partial charge in [0.05, 0.1) is 5.39 Å². The van der Waals surface area contributed by atoms with Gasteiger partial charge >= 0.3 is 5.97 Å². The first kappa shape index (κ1) is 22.3. The first-order chi connectivity index (χ1) is 15.8. The van der Waals surface area contributed by atoms with Gasteiger partial charge in [0.15, 0.2) is 5.69 Å². The van der Waals surface area contributed by atoms with Gasteiger partial charge in [0, 0.05) is 20.9 Å². The summed E-state index contributed by atoms with van der Waals surface area (Å²) in [5, 5.41) is 16.5. The average Bonchev–Trinajstić information content (AvgIpc) is 2.79. The maximum atomic E-state index is 12.7. The number of carboxylic acids is 1. The highest BCUT2D eigenvalue weighted by molar-refractivity contribution is 7.99. The van der Waals surface area contributed by atoms with Crippen molar-refractivity contribution in [2.45, 2.75) is 30.2 Å². The summed E-state index contributed by atoms with van der Waals surface area (Å²) in [6.07, 6.45) is 0. The minimum atomic E-state index is -1.27. The van der Waals surface area contributed by atoms with Crippen molar-refractivity contribution in [2.24, 2.45) is 0 Å². The largest absolute Gasteiger partial charge is 0.476 e. The molecule has 0 fully saturated rings. The molecule has 2 N–H and O–H groups in total. The number of aromatic nitrogens is 2. The summed E-state index contributed by atoms with van der Waals surface area (Å²) in [6.45, 7) is 3.72. The Morgan fingerprint density at radius 1 is 1.00 bits per heavy atom. The van der Waals surface area contributed by atoms with E-state index in [9.17, 15) is 19.5 Å². The summed E-state index contributed by atoms with van der Waals surface area (Å²) in [7, 11) is 0. The summed E-state index contributed by atoms with van der Waals surface area (Å²) in [6, 6.07) is 20.0. The number of amides is 1. The normalized spacial score (nSPS) is 10.8. The molecule has 0 aliphatic carbocycles. The molecule has 0 bridgehead atoms. The van der Waals surface area contributed by atoms with E-state index in [0.29, 0.717) is 5.69 Å². The van der Waals surface area contributed by atoms with Gasteiger partial charge in [-0.2, -0.15) is 5.10 Å². The first-order valence-corrected chi connectivity index (χ1v) is 11.0. The number of carbonyl (C=O) groups excluding carboxylic acids is 1. The van der Waals surface area contributed by atoms with Gasteiger partial charge in [-0.3, -0.25) is 9.59 Å². The fourth-order valence-corrected chi connectivity index (χ4v) is 4.39. The van der Waals surface area contributed by atoms with Crippen LogP contribution in [0.4, 0.5) is 5.69 Å². The van der Waals surface area contributed by atoms with Crippen molar-refractivity contribution in [1.29, 1.82) is 0 Å². The van der Waals surface area contributed by atoms with Gasteiger partial charge < -0.3 is 10.4 Å². The SMILES string of the molecule is Cc1ccc(C)c(Sc2ccc(NC(=O)Cn3nc(C(=O)O)c4ccccc4c3=O)cc2)c1. The van der Waals surface area contributed by atoms with Gasteiger partial charge in [-0.05, 0) is 61.4 Å². The Kier molecular flexibility index (Phi) is 6.28. The van der Waals surface area contributed by atoms with E-state index in [4.69, 9.17) is 0 Å². The van der Waals surface area contributed by atoms with Crippen LogP contribution in [0.5, 0.6) is 0 Å². The molecule has 8 heteroatoms. The van der Waals surface area contributed by atoms with Crippen molar-refractivity contribution < 1.29 is 14.7 Å². The highest BCUT2D eigenvalue weighted by atomic mass is 32.2. The third-order valence-electron chi connectivity index (χ3n) is 5.07. The molecule has 33 heavy (non-hydrogen) atoms. The van der Waals surface area contributed by atoms with Crippen LogP contribution in [0.3, 0.4) is 0 Å². The Balaban J connectivity index is 1.50. The second-order valence-corrected chi connectivity index (χ2v) is 8.72. The molecule has 0 saturated carbocycles. The molecule has 7 nitrogen and oxygen atoms in total. The van der Waals surface area contributed by atoms with E-state index in [-0.39, 0.29) is 16.5 Å². The maximum absolute atomic E-state index is 12.7. The molecule has 4 rings (SSSR count). The number of hydrogen-bond acceptors (Lipinski definition) is 5. The average molecular weight is 460 g/mol. The molecule has 0 radical (unpaired) electrons.